The van der Waals surface area contributed by atoms with E-state index in [9.17, 15) is 9.59 Å². The molecule has 2 rings (SSSR count). The van der Waals surface area contributed by atoms with Crippen LogP contribution in [0.5, 0.6) is 0 Å². The number of hydrogen-bond donors (Lipinski definition) is 1. The van der Waals surface area contributed by atoms with E-state index in [4.69, 9.17) is 5.11 Å². The SMILES string of the molecule is CCCN(CC(=O)O)C(=O)N(Cc1cccs1)C1CC1. The zero-order valence-corrected chi connectivity index (χ0v) is 12.4. The number of nitrogens with zero attached hydrogens (tertiary/aromatic N) is 2. The van der Waals surface area contributed by atoms with E-state index < -0.39 is 5.97 Å². The molecule has 110 valence electrons. The smallest absolute Gasteiger partial charge is 0.323 e. The Balaban J connectivity index is 2.06. The quantitative estimate of drug-likeness (QED) is 0.841. The third-order valence-electron chi connectivity index (χ3n) is 3.23. The Bertz CT molecular complexity index is 457. The van der Waals surface area contributed by atoms with Crippen molar-refractivity contribution in [2.45, 2.75) is 38.8 Å². The van der Waals surface area contributed by atoms with Crippen LogP contribution < -0.4 is 0 Å². The lowest BCUT2D eigenvalue weighted by Gasteiger charge is -2.29. The molecule has 1 saturated carbocycles. The zero-order chi connectivity index (χ0) is 14.5. The van der Waals surface area contributed by atoms with Crippen LogP contribution in [-0.2, 0) is 11.3 Å². The summed E-state index contributed by atoms with van der Waals surface area (Å²) in [5.74, 6) is -0.960. The zero-order valence-electron chi connectivity index (χ0n) is 11.6. The Kier molecular flexibility index (Phi) is 5.00. The van der Waals surface area contributed by atoms with Crippen molar-refractivity contribution in [3.05, 3.63) is 22.4 Å². The highest BCUT2D eigenvalue weighted by Crippen LogP contribution is 2.30. The molecule has 0 atom stereocenters. The van der Waals surface area contributed by atoms with E-state index in [1.54, 1.807) is 11.3 Å². The van der Waals surface area contributed by atoms with E-state index in [2.05, 4.69) is 0 Å². The van der Waals surface area contributed by atoms with Crippen LogP contribution in [-0.4, -0.2) is 46.0 Å². The number of thiophene rings is 1. The second kappa shape index (κ2) is 6.74. The number of urea groups is 1. The van der Waals surface area contributed by atoms with Gasteiger partial charge in [0.25, 0.3) is 0 Å². The summed E-state index contributed by atoms with van der Waals surface area (Å²) >= 11 is 1.62. The monoisotopic (exact) mass is 296 g/mol. The second-order valence-corrected chi connectivity index (χ2v) is 6.07. The molecule has 0 aromatic carbocycles. The minimum absolute atomic E-state index is 0.148. The van der Waals surface area contributed by atoms with Gasteiger partial charge in [-0.2, -0.15) is 0 Å². The predicted octanol–water partition coefficient (Wildman–Crippen LogP) is 2.63. The largest absolute Gasteiger partial charge is 0.480 e. The number of aliphatic carboxylic acids is 1. The Morgan fingerprint density at radius 1 is 1.45 bits per heavy atom. The Labute approximate surface area is 122 Å². The van der Waals surface area contributed by atoms with Gasteiger partial charge in [0, 0.05) is 17.5 Å². The molecule has 20 heavy (non-hydrogen) atoms. The molecular weight excluding hydrogens is 276 g/mol. The number of carbonyl (C=O) groups is 2. The molecule has 6 heteroatoms. The molecule has 0 bridgehead atoms. The number of carbonyl (C=O) groups excluding carboxylic acids is 1. The number of carboxylic acids is 1. The lowest BCUT2D eigenvalue weighted by molar-refractivity contribution is -0.137. The summed E-state index contributed by atoms with van der Waals surface area (Å²) in [6.45, 7) is 2.79. The van der Waals surface area contributed by atoms with Crippen LogP contribution in [0.3, 0.4) is 0 Å². The maximum absolute atomic E-state index is 12.6. The molecule has 1 N–H and O–H groups in total. The van der Waals surface area contributed by atoms with Crippen molar-refractivity contribution in [3.8, 4) is 0 Å². The Morgan fingerprint density at radius 3 is 2.70 bits per heavy atom. The molecule has 1 aromatic rings. The van der Waals surface area contributed by atoms with Crippen molar-refractivity contribution in [1.29, 1.82) is 0 Å². The van der Waals surface area contributed by atoms with E-state index in [0.29, 0.717) is 13.1 Å². The fraction of sp³-hybridized carbons (Fsp3) is 0.571. The van der Waals surface area contributed by atoms with Crippen LogP contribution in [0.15, 0.2) is 17.5 Å². The normalized spacial score (nSPS) is 14.1. The van der Waals surface area contributed by atoms with Crippen LogP contribution in [0.4, 0.5) is 4.79 Å². The summed E-state index contributed by atoms with van der Waals surface area (Å²) in [5, 5.41) is 10.9. The maximum atomic E-state index is 12.6. The molecule has 5 nitrogen and oxygen atoms in total. The van der Waals surface area contributed by atoms with E-state index in [1.807, 2.05) is 29.3 Å². The van der Waals surface area contributed by atoms with Gasteiger partial charge in [0.15, 0.2) is 0 Å². The first-order valence-electron chi connectivity index (χ1n) is 6.91. The molecule has 1 aliphatic carbocycles. The van der Waals surface area contributed by atoms with Gasteiger partial charge in [0.1, 0.15) is 6.54 Å². The average Bonchev–Trinajstić information content (AvgIpc) is 3.11. The van der Waals surface area contributed by atoms with Crippen LogP contribution in [0.25, 0.3) is 0 Å². The van der Waals surface area contributed by atoms with E-state index in [1.165, 1.54) is 4.90 Å². The van der Waals surface area contributed by atoms with Crippen LogP contribution in [0.1, 0.15) is 31.1 Å². The molecule has 1 aliphatic rings. The van der Waals surface area contributed by atoms with Gasteiger partial charge >= 0.3 is 12.0 Å². The minimum Gasteiger partial charge on any atom is -0.480 e. The molecule has 0 aliphatic heterocycles. The molecule has 0 radical (unpaired) electrons. The summed E-state index contributed by atoms with van der Waals surface area (Å²) in [4.78, 5) is 27.9. The molecule has 0 saturated heterocycles. The highest BCUT2D eigenvalue weighted by molar-refractivity contribution is 7.09. The van der Waals surface area contributed by atoms with E-state index >= 15 is 0 Å². The van der Waals surface area contributed by atoms with Crippen molar-refractivity contribution in [2.75, 3.05) is 13.1 Å². The van der Waals surface area contributed by atoms with Gasteiger partial charge in [-0.3, -0.25) is 4.79 Å². The van der Waals surface area contributed by atoms with Crippen molar-refractivity contribution < 1.29 is 14.7 Å². The van der Waals surface area contributed by atoms with Gasteiger partial charge in [-0.1, -0.05) is 13.0 Å². The molecule has 1 fully saturated rings. The number of carboxylic acid groups (broad SMARTS) is 1. The summed E-state index contributed by atoms with van der Waals surface area (Å²) in [5.41, 5.74) is 0. The van der Waals surface area contributed by atoms with Crippen LogP contribution in [0, 0.1) is 0 Å². The Morgan fingerprint density at radius 2 is 2.20 bits per heavy atom. The highest BCUT2D eigenvalue weighted by atomic mass is 32.1. The molecule has 1 heterocycles. The number of amides is 2. The topological polar surface area (TPSA) is 60.9 Å². The van der Waals surface area contributed by atoms with Gasteiger partial charge < -0.3 is 14.9 Å². The lowest BCUT2D eigenvalue weighted by atomic mass is 10.3. The van der Waals surface area contributed by atoms with E-state index in [0.717, 1.165) is 24.1 Å². The van der Waals surface area contributed by atoms with Crippen molar-refractivity contribution in [3.63, 3.8) is 0 Å². The molecule has 0 unspecified atom stereocenters. The first kappa shape index (κ1) is 14.8. The van der Waals surface area contributed by atoms with Crippen molar-refractivity contribution >= 4 is 23.3 Å². The standard InChI is InChI=1S/C14H20N2O3S/c1-2-7-15(10-13(17)18)14(19)16(11-5-6-11)9-12-4-3-8-20-12/h3-4,8,11H,2,5-7,9-10H2,1H3,(H,17,18). The first-order valence-corrected chi connectivity index (χ1v) is 7.79. The fourth-order valence-electron chi connectivity index (χ4n) is 2.17. The summed E-state index contributed by atoms with van der Waals surface area (Å²) < 4.78 is 0. The lowest BCUT2D eigenvalue weighted by Crippen LogP contribution is -2.46. The Hall–Kier alpha value is -1.56. The van der Waals surface area contributed by atoms with Crippen molar-refractivity contribution in [2.24, 2.45) is 0 Å². The van der Waals surface area contributed by atoms with Crippen molar-refractivity contribution in [1.82, 2.24) is 9.80 Å². The van der Waals surface area contributed by atoms with Gasteiger partial charge in [-0.05, 0) is 30.7 Å². The molecule has 1 aromatic heterocycles. The third kappa shape index (κ3) is 3.96. The summed E-state index contributed by atoms with van der Waals surface area (Å²) in [7, 11) is 0. The predicted molar refractivity (Wildman–Crippen MR) is 77.8 cm³/mol. The van der Waals surface area contributed by atoms with Crippen LogP contribution in [0.2, 0.25) is 0 Å². The summed E-state index contributed by atoms with van der Waals surface area (Å²) in [6, 6.07) is 4.11. The molecule has 0 spiro atoms. The van der Waals surface area contributed by atoms with E-state index in [-0.39, 0.29) is 18.6 Å². The van der Waals surface area contributed by atoms with Crippen LogP contribution >= 0.6 is 11.3 Å². The fourth-order valence-corrected chi connectivity index (χ4v) is 2.87. The second-order valence-electron chi connectivity index (χ2n) is 5.04. The molecule has 2 amide bonds. The highest BCUT2D eigenvalue weighted by Gasteiger charge is 2.35. The van der Waals surface area contributed by atoms with Gasteiger partial charge in [0.05, 0.1) is 6.54 Å². The number of hydrogen-bond acceptors (Lipinski definition) is 3. The minimum atomic E-state index is -0.960. The summed E-state index contributed by atoms with van der Waals surface area (Å²) in [6.07, 6.45) is 2.80. The van der Waals surface area contributed by atoms with Gasteiger partial charge in [-0.15, -0.1) is 11.3 Å². The van der Waals surface area contributed by atoms with Gasteiger partial charge in [-0.25, -0.2) is 4.79 Å². The first-order chi connectivity index (χ1) is 9.61. The third-order valence-corrected chi connectivity index (χ3v) is 4.09. The van der Waals surface area contributed by atoms with Gasteiger partial charge in [0.2, 0.25) is 0 Å². The maximum Gasteiger partial charge on any atom is 0.323 e. The average molecular weight is 296 g/mol. The molecular formula is C14H20N2O3S. The number of rotatable bonds is 7.